The van der Waals surface area contributed by atoms with Gasteiger partial charge >= 0.3 is 0 Å². The molecule has 0 bridgehead atoms. The maximum Gasteiger partial charge on any atom is 0.0616 e. The highest BCUT2D eigenvalue weighted by molar-refractivity contribution is 6.42. The molecule has 0 amide bonds. The van der Waals surface area contributed by atoms with Crippen LogP contribution in [0.1, 0.15) is 31.7 Å². The van der Waals surface area contributed by atoms with E-state index in [1.165, 1.54) is 19.3 Å². The van der Waals surface area contributed by atoms with E-state index >= 15 is 0 Å². The van der Waals surface area contributed by atoms with Crippen molar-refractivity contribution in [3.05, 3.63) is 33.8 Å². The van der Waals surface area contributed by atoms with Crippen molar-refractivity contribution in [2.24, 2.45) is 0 Å². The van der Waals surface area contributed by atoms with Gasteiger partial charge in [0.1, 0.15) is 0 Å². The predicted molar refractivity (Wildman–Crippen MR) is 81.1 cm³/mol. The summed E-state index contributed by atoms with van der Waals surface area (Å²) < 4.78 is 0. The zero-order chi connectivity index (χ0) is 13.9. The van der Waals surface area contributed by atoms with E-state index in [0.717, 1.165) is 25.1 Å². The summed E-state index contributed by atoms with van der Waals surface area (Å²) in [5, 5.41) is 11.0. The summed E-state index contributed by atoms with van der Waals surface area (Å²) in [4.78, 5) is 2.40. The third-order valence-corrected chi connectivity index (χ3v) is 4.77. The molecule has 1 atom stereocenters. The van der Waals surface area contributed by atoms with Gasteiger partial charge in [0.2, 0.25) is 0 Å². The van der Waals surface area contributed by atoms with Crippen LogP contribution < -0.4 is 0 Å². The molecule has 0 aliphatic carbocycles. The van der Waals surface area contributed by atoms with Gasteiger partial charge in [0.25, 0.3) is 0 Å². The van der Waals surface area contributed by atoms with Gasteiger partial charge in [0, 0.05) is 5.54 Å². The number of aliphatic hydroxyl groups excluding tert-OH is 1. The molecule has 2 rings (SSSR count). The Morgan fingerprint density at radius 3 is 2.42 bits per heavy atom. The van der Waals surface area contributed by atoms with Crippen LogP contribution in [0.4, 0.5) is 0 Å². The van der Waals surface area contributed by atoms with Crippen LogP contribution in [0.5, 0.6) is 0 Å². The first-order valence-electron chi connectivity index (χ1n) is 6.85. The molecule has 1 fully saturated rings. The van der Waals surface area contributed by atoms with E-state index in [4.69, 9.17) is 23.2 Å². The van der Waals surface area contributed by atoms with Crippen molar-refractivity contribution in [2.75, 3.05) is 19.7 Å². The van der Waals surface area contributed by atoms with Gasteiger partial charge in [0.15, 0.2) is 0 Å². The zero-order valence-corrected chi connectivity index (χ0v) is 12.8. The fourth-order valence-corrected chi connectivity index (χ4v) is 3.11. The number of hydrogen-bond acceptors (Lipinski definition) is 2. The molecule has 1 unspecified atom stereocenters. The third kappa shape index (κ3) is 3.63. The zero-order valence-electron chi connectivity index (χ0n) is 11.3. The van der Waals surface area contributed by atoms with Crippen LogP contribution in [0.15, 0.2) is 18.2 Å². The van der Waals surface area contributed by atoms with Crippen molar-refractivity contribution in [1.29, 1.82) is 0 Å². The Kier molecular flexibility index (Phi) is 5.13. The molecule has 4 heteroatoms. The Labute approximate surface area is 125 Å². The number of benzene rings is 1. The Balaban J connectivity index is 2.14. The summed E-state index contributed by atoms with van der Waals surface area (Å²) in [6, 6.07) is 5.72. The van der Waals surface area contributed by atoms with E-state index in [1.54, 1.807) is 0 Å². The maximum absolute atomic E-state index is 9.82. The molecule has 1 saturated heterocycles. The lowest BCUT2D eigenvalue weighted by atomic mass is 9.90. The Morgan fingerprint density at radius 1 is 1.16 bits per heavy atom. The van der Waals surface area contributed by atoms with Crippen LogP contribution in [0.3, 0.4) is 0 Å². The first-order chi connectivity index (χ1) is 9.05. The molecule has 0 radical (unpaired) electrons. The molecule has 1 aliphatic heterocycles. The van der Waals surface area contributed by atoms with Crippen molar-refractivity contribution in [3.63, 3.8) is 0 Å². The normalized spacial score (nSPS) is 20.2. The SMILES string of the molecule is CC(CO)(Cc1ccc(Cl)c(Cl)c1)N1CCCCC1. The molecule has 19 heavy (non-hydrogen) atoms. The van der Waals surface area contributed by atoms with Crippen LogP contribution >= 0.6 is 23.2 Å². The number of hydrogen-bond donors (Lipinski definition) is 1. The van der Waals surface area contributed by atoms with E-state index in [0.29, 0.717) is 10.0 Å². The molecular formula is C15H21Cl2NO. The Hall–Kier alpha value is -0.280. The number of nitrogens with zero attached hydrogens (tertiary/aromatic N) is 1. The molecule has 1 aliphatic rings. The van der Waals surface area contributed by atoms with Crippen molar-refractivity contribution in [2.45, 2.75) is 38.1 Å². The molecule has 106 valence electrons. The molecule has 1 heterocycles. The minimum atomic E-state index is -0.211. The fourth-order valence-electron chi connectivity index (χ4n) is 2.79. The van der Waals surface area contributed by atoms with E-state index in [2.05, 4.69) is 11.8 Å². The highest BCUT2D eigenvalue weighted by atomic mass is 35.5. The van der Waals surface area contributed by atoms with Gasteiger partial charge in [-0.1, -0.05) is 35.7 Å². The minimum Gasteiger partial charge on any atom is -0.394 e. The van der Waals surface area contributed by atoms with Gasteiger partial charge in [-0.3, -0.25) is 4.90 Å². The largest absolute Gasteiger partial charge is 0.394 e. The third-order valence-electron chi connectivity index (χ3n) is 4.03. The lowest BCUT2D eigenvalue weighted by Gasteiger charge is -2.42. The molecule has 1 aromatic rings. The van der Waals surface area contributed by atoms with Gasteiger partial charge in [-0.25, -0.2) is 0 Å². The quantitative estimate of drug-likeness (QED) is 0.915. The van der Waals surface area contributed by atoms with Crippen molar-refractivity contribution in [3.8, 4) is 0 Å². The van der Waals surface area contributed by atoms with Crippen molar-refractivity contribution < 1.29 is 5.11 Å². The monoisotopic (exact) mass is 301 g/mol. The average Bonchev–Trinajstić information content (AvgIpc) is 2.44. The highest BCUT2D eigenvalue weighted by Crippen LogP contribution is 2.28. The Bertz CT molecular complexity index is 432. The Morgan fingerprint density at radius 2 is 1.84 bits per heavy atom. The molecular weight excluding hydrogens is 281 g/mol. The summed E-state index contributed by atoms with van der Waals surface area (Å²) >= 11 is 12.0. The molecule has 1 aromatic carbocycles. The number of aliphatic hydroxyl groups is 1. The van der Waals surface area contributed by atoms with Gasteiger partial charge < -0.3 is 5.11 Å². The van der Waals surface area contributed by atoms with Crippen LogP contribution in [0.2, 0.25) is 10.0 Å². The minimum absolute atomic E-state index is 0.160. The van der Waals surface area contributed by atoms with Crippen molar-refractivity contribution >= 4 is 23.2 Å². The maximum atomic E-state index is 9.82. The summed E-state index contributed by atoms with van der Waals surface area (Å²) in [5.74, 6) is 0. The lowest BCUT2D eigenvalue weighted by Crippen LogP contribution is -2.52. The van der Waals surface area contributed by atoms with Gasteiger partial charge in [-0.2, -0.15) is 0 Å². The second-order valence-electron chi connectivity index (χ2n) is 5.63. The van der Waals surface area contributed by atoms with E-state index in [-0.39, 0.29) is 12.1 Å². The summed E-state index contributed by atoms with van der Waals surface area (Å²) in [5.41, 5.74) is 0.911. The topological polar surface area (TPSA) is 23.5 Å². The van der Waals surface area contributed by atoms with Crippen LogP contribution in [0.25, 0.3) is 0 Å². The second kappa shape index (κ2) is 6.45. The molecule has 2 nitrogen and oxygen atoms in total. The molecule has 0 saturated carbocycles. The summed E-state index contributed by atoms with van der Waals surface area (Å²) in [7, 11) is 0. The van der Waals surface area contributed by atoms with Gasteiger partial charge in [-0.05, 0) is 57.0 Å². The molecule has 0 spiro atoms. The second-order valence-corrected chi connectivity index (χ2v) is 6.44. The van der Waals surface area contributed by atoms with Gasteiger partial charge in [0.05, 0.1) is 16.7 Å². The standard InChI is InChI=1S/C15H21Cl2NO/c1-15(11-19,18-7-3-2-4-8-18)10-12-5-6-13(16)14(17)9-12/h5-6,9,19H,2-4,7-8,10-11H2,1H3. The first kappa shape index (κ1) is 15.1. The summed E-state index contributed by atoms with van der Waals surface area (Å²) in [6.45, 7) is 4.42. The van der Waals surface area contributed by atoms with Crippen LogP contribution in [0, 0.1) is 0 Å². The molecule has 0 aromatic heterocycles. The van der Waals surface area contributed by atoms with Crippen LogP contribution in [-0.4, -0.2) is 35.2 Å². The molecule has 1 N–H and O–H groups in total. The lowest BCUT2D eigenvalue weighted by molar-refractivity contribution is 0.0290. The highest BCUT2D eigenvalue weighted by Gasteiger charge is 2.32. The number of piperidine rings is 1. The van der Waals surface area contributed by atoms with E-state index in [1.807, 2.05) is 18.2 Å². The smallest absolute Gasteiger partial charge is 0.0616 e. The first-order valence-corrected chi connectivity index (χ1v) is 7.60. The van der Waals surface area contributed by atoms with Gasteiger partial charge in [-0.15, -0.1) is 0 Å². The number of likely N-dealkylation sites (tertiary alicyclic amines) is 1. The van der Waals surface area contributed by atoms with Crippen molar-refractivity contribution in [1.82, 2.24) is 4.90 Å². The fraction of sp³-hybridized carbons (Fsp3) is 0.600. The predicted octanol–water partition coefficient (Wildman–Crippen LogP) is 3.77. The average molecular weight is 302 g/mol. The number of rotatable bonds is 4. The van der Waals surface area contributed by atoms with E-state index < -0.39 is 0 Å². The number of halogens is 2. The summed E-state index contributed by atoms with van der Waals surface area (Å²) in [6.07, 6.45) is 4.53. The van der Waals surface area contributed by atoms with E-state index in [9.17, 15) is 5.11 Å². The van der Waals surface area contributed by atoms with Crippen LogP contribution in [-0.2, 0) is 6.42 Å².